The van der Waals surface area contributed by atoms with Crippen molar-refractivity contribution in [3.63, 3.8) is 0 Å². The molecule has 3 amide bonds. The summed E-state index contributed by atoms with van der Waals surface area (Å²) in [5.74, 6) is -3.48. The highest BCUT2D eigenvalue weighted by atomic mass is 19.1. The van der Waals surface area contributed by atoms with E-state index in [1.54, 1.807) is 25.1 Å². The zero-order chi connectivity index (χ0) is 26.3. The molecule has 1 aliphatic heterocycles. The van der Waals surface area contributed by atoms with Gasteiger partial charge in [0.1, 0.15) is 17.7 Å². The molecule has 3 aromatic carbocycles. The molecule has 2 atom stereocenters. The van der Waals surface area contributed by atoms with E-state index in [4.69, 9.17) is 5.73 Å². The predicted molar refractivity (Wildman–Crippen MR) is 137 cm³/mol. The van der Waals surface area contributed by atoms with Gasteiger partial charge in [-0.3, -0.25) is 14.4 Å². The number of nitrogens with one attached hydrogen (secondary N) is 1. The molecule has 1 aliphatic carbocycles. The van der Waals surface area contributed by atoms with Crippen molar-refractivity contribution in [3.05, 3.63) is 83.4 Å². The molecule has 3 N–H and O–H groups in total. The van der Waals surface area contributed by atoms with Crippen molar-refractivity contribution in [3.8, 4) is 11.1 Å². The van der Waals surface area contributed by atoms with Crippen molar-refractivity contribution in [2.75, 3.05) is 10.6 Å². The van der Waals surface area contributed by atoms with E-state index in [2.05, 4.69) is 5.32 Å². The third kappa shape index (κ3) is 4.96. The summed E-state index contributed by atoms with van der Waals surface area (Å²) in [5, 5.41) is 2.74. The fraction of sp³-hybridized carbons (Fsp3) is 0.276. The van der Waals surface area contributed by atoms with Gasteiger partial charge in [0.05, 0.1) is 18.0 Å². The Bertz CT molecular complexity index is 1380. The summed E-state index contributed by atoms with van der Waals surface area (Å²) in [6, 6.07) is 14.4. The van der Waals surface area contributed by atoms with E-state index < -0.39 is 41.3 Å². The molecule has 5 rings (SSSR count). The number of carbonyl (C=O) groups excluding carboxylic acids is 3. The minimum Gasteiger partial charge on any atom is -0.398 e. The lowest BCUT2D eigenvalue weighted by atomic mass is 9.92. The van der Waals surface area contributed by atoms with Crippen LogP contribution in [0.5, 0.6) is 0 Å². The number of carbonyl (C=O) groups is 3. The Kier molecular flexibility index (Phi) is 6.50. The van der Waals surface area contributed by atoms with E-state index in [0.29, 0.717) is 23.4 Å². The quantitative estimate of drug-likeness (QED) is 0.476. The Morgan fingerprint density at radius 2 is 1.76 bits per heavy atom. The molecule has 8 heteroatoms. The Labute approximate surface area is 213 Å². The number of nitrogen functional groups attached to an aromatic ring is 1. The lowest BCUT2D eigenvalue weighted by Gasteiger charge is -2.28. The van der Waals surface area contributed by atoms with Gasteiger partial charge in [-0.2, -0.15) is 0 Å². The van der Waals surface area contributed by atoms with Crippen LogP contribution < -0.4 is 16.0 Å². The Morgan fingerprint density at radius 1 is 1.05 bits per heavy atom. The Balaban J connectivity index is 1.49. The molecular weight excluding hydrogens is 476 g/mol. The average molecular weight is 504 g/mol. The number of imide groups is 1. The molecule has 0 aromatic heterocycles. The number of anilines is 2. The van der Waals surface area contributed by atoms with Crippen LogP contribution in [0.1, 0.15) is 43.2 Å². The van der Waals surface area contributed by atoms with E-state index in [1.807, 2.05) is 24.3 Å². The third-order valence-corrected chi connectivity index (χ3v) is 7.01. The highest BCUT2D eigenvalue weighted by molar-refractivity contribution is 6.22. The highest BCUT2D eigenvalue weighted by Gasteiger charge is 2.40. The van der Waals surface area contributed by atoms with Gasteiger partial charge in [-0.25, -0.2) is 13.7 Å². The number of benzene rings is 3. The third-order valence-electron chi connectivity index (χ3n) is 7.01. The van der Waals surface area contributed by atoms with Gasteiger partial charge in [0, 0.05) is 17.3 Å². The molecule has 0 saturated heterocycles. The van der Waals surface area contributed by atoms with Gasteiger partial charge in [0.25, 0.3) is 5.91 Å². The molecule has 37 heavy (non-hydrogen) atoms. The minimum absolute atomic E-state index is 0.153. The standard InChI is InChI=1S/C29H27F2N3O3/c1-16-21-5-2-3-6-22(21)27-23(32)7-4-8-25(27)34(28(16)36)29(37)24(13-17-9-10-17)33-26(35)14-18-11-19(30)15-20(31)12-18/h2-8,11-12,15-17,24H,9-10,13-14,32H2,1H3,(H,33,35)/t16?,24-/m0/s1. The van der Waals surface area contributed by atoms with E-state index in [1.165, 1.54) is 0 Å². The maximum atomic E-state index is 14.0. The molecule has 1 heterocycles. The van der Waals surface area contributed by atoms with Crippen LogP contribution in [0.3, 0.4) is 0 Å². The number of halogens is 2. The largest absolute Gasteiger partial charge is 0.398 e. The summed E-state index contributed by atoms with van der Waals surface area (Å²) in [6.45, 7) is 1.75. The molecule has 0 spiro atoms. The topological polar surface area (TPSA) is 92.5 Å². The van der Waals surface area contributed by atoms with E-state index in [-0.39, 0.29) is 17.9 Å². The zero-order valence-electron chi connectivity index (χ0n) is 20.3. The first-order chi connectivity index (χ1) is 17.7. The molecular formula is C29H27F2N3O3. The van der Waals surface area contributed by atoms with Gasteiger partial charge in [-0.1, -0.05) is 43.2 Å². The number of hydrogen-bond acceptors (Lipinski definition) is 4. The summed E-state index contributed by atoms with van der Waals surface area (Å²) in [6.07, 6.45) is 1.91. The molecule has 1 unspecified atom stereocenters. The normalized spacial score (nSPS) is 17.4. The lowest BCUT2D eigenvalue weighted by Crippen LogP contribution is -2.52. The SMILES string of the molecule is CC1C(=O)N(C(=O)[C@H](CC2CC2)NC(=O)Cc2cc(F)cc(F)c2)c2cccc(N)c2-c2ccccc21. The Morgan fingerprint density at radius 3 is 2.46 bits per heavy atom. The second kappa shape index (κ2) is 9.76. The van der Waals surface area contributed by atoms with Crippen molar-refractivity contribution in [2.24, 2.45) is 5.92 Å². The summed E-state index contributed by atoms with van der Waals surface area (Å²) in [7, 11) is 0. The zero-order valence-corrected chi connectivity index (χ0v) is 20.3. The monoisotopic (exact) mass is 503 g/mol. The Hall–Kier alpha value is -4.07. The molecule has 0 bridgehead atoms. The maximum Gasteiger partial charge on any atom is 0.256 e. The fourth-order valence-corrected chi connectivity index (χ4v) is 5.02. The first kappa shape index (κ1) is 24.6. The van der Waals surface area contributed by atoms with E-state index >= 15 is 0 Å². The number of nitrogens with two attached hydrogens (primary N) is 1. The molecule has 0 radical (unpaired) electrons. The molecule has 6 nitrogen and oxygen atoms in total. The van der Waals surface area contributed by atoms with Crippen LogP contribution in [0, 0.1) is 17.6 Å². The van der Waals surface area contributed by atoms with Crippen LogP contribution >= 0.6 is 0 Å². The molecule has 190 valence electrons. The van der Waals surface area contributed by atoms with Crippen molar-refractivity contribution in [2.45, 2.75) is 44.6 Å². The number of rotatable bonds is 6. The van der Waals surface area contributed by atoms with Gasteiger partial charge in [-0.15, -0.1) is 0 Å². The van der Waals surface area contributed by atoms with Crippen LogP contribution in [-0.2, 0) is 20.8 Å². The first-order valence-corrected chi connectivity index (χ1v) is 12.3. The number of fused-ring (bicyclic) bond motifs is 3. The second-order valence-electron chi connectivity index (χ2n) is 9.82. The van der Waals surface area contributed by atoms with Crippen molar-refractivity contribution in [1.82, 2.24) is 5.32 Å². The van der Waals surface area contributed by atoms with Gasteiger partial charge >= 0.3 is 0 Å². The number of hydrogen-bond donors (Lipinski definition) is 2. The molecule has 2 aliphatic rings. The highest BCUT2D eigenvalue weighted by Crippen LogP contribution is 2.44. The van der Waals surface area contributed by atoms with Gasteiger partial charge < -0.3 is 11.1 Å². The van der Waals surface area contributed by atoms with Crippen LogP contribution in [0.4, 0.5) is 20.2 Å². The second-order valence-corrected chi connectivity index (χ2v) is 9.82. The average Bonchev–Trinajstić information content (AvgIpc) is 3.67. The van der Waals surface area contributed by atoms with Crippen molar-refractivity contribution >= 4 is 29.1 Å². The van der Waals surface area contributed by atoms with Gasteiger partial charge in [-0.05, 0) is 60.2 Å². The van der Waals surface area contributed by atoms with Crippen LogP contribution in [-0.4, -0.2) is 23.8 Å². The van der Waals surface area contributed by atoms with Crippen LogP contribution in [0.2, 0.25) is 0 Å². The summed E-state index contributed by atoms with van der Waals surface area (Å²) in [5.41, 5.74) is 9.45. The molecule has 1 saturated carbocycles. The molecule has 3 aromatic rings. The first-order valence-electron chi connectivity index (χ1n) is 12.3. The molecule has 1 fully saturated rings. The van der Waals surface area contributed by atoms with Crippen LogP contribution in [0.25, 0.3) is 11.1 Å². The van der Waals surface area contributed by atoms with Gasteiger partial charge in [0.2, 0.25) is 11.8 Å². The van der Waals surface area contributed by atoms with Crippen molar-refractivity contribution < 1.29 is 23.2 Å². The number of nitrogens with zero attached hydrogens (tertiary/aromatic N) is 1. The predicted octanol–water partition coefficient (Wildman–Crippen LogP) is 4.72. The van der Waals surface area contributed by atoms with Crippen LogP contribution in [0.15, 0.2) is 60.7 Å². The van der Waals surface area contributed by atoms with E-state index in [9.17, 15) is 23.2 Å². The number of amides is 3. The minimum atomic E-state index is -0.981. The maximum absolute atomic E-state index is 14.0. The summed E-state index contributed by atoms with van der Waals surface area (Å²) >= 11 is 0. The van der Waals surface area contributed by atoms with E-state index in [0.717, 1.165) is 47.1 Å². The fourth-order valence-electron chi connectivity index (χ4n) is 5.02. The smallest absolute Gasteiger partial charge is 0.256 e. The lowest BCUT2D eigenvalue weighted by molar-refractivity contribution is -0.131. The van der Waals surface area contributed by atoms with Gasteiger partial charge in [0.15, 0.2) is 0 Å². The van der Waals surface area contributed by atoms with Crippen molar-refractivity contribution in [1.29, 1.82) is 0 Å². The summed E-state index contributed by atoms with van der Waals surface area (Å²) < 4.78 is 27.2. The summed E-state index contributed by atoms with van der Waals surface area (Å²) in [4.78, 5) is 41.8.